The van der Waals surface area contributed by atoms with Crippen molar-refractivity contribution in [2.75, 3.05) is 6.61 Å². The van der Waals surface area contributed by atoms with Crippen LogP contribution < -0.4 is 0 Å². The van der Waals surface area contributed by atoms with E-state index in [0.717, 1.165) is 25.4 Å². The summed E-state index contributed by atoms with van der Waals surface area (Å²) in [6.07, 6.45) is 9.44. The lowest BCUT2D eigenvalue weighted by Gasteiger charge is -2.35. The Bertz CT molecular complexity index is 232. The average Bonchev–Trinajstić information content (AvgIpc) is 2.31. The summed E-state index contributed by atoms with van der Waals surface area (Å²) in [7, 11) is 0. The summed E-state index contributed by atoms with van der Waals surface area (Å²) < 4.78 is 5.87. The highest BCUT2D eigenvalue weighted by Crippen LogP contribution is 2.35. The minimum absolute atomic E-state index is 0.449. The van der Waals surface area contributed by atoms with Gasteiger partial charge >= 0.3 is 0 Å². The molecule has 0 spiro atoms. The standard InChI is InChI=1S/C12H19NOS/c13-9-15-11-6-7-14-12(8-11)10-4-2-1-3-5-10/h10-12H,1-8H2/t11-,12+/m0/s1. The number of thioether (sulfide) groups is 1. The predicted octanol–water partition coefficient (Wildman–Crippen LogP) is 3.33. The van der Waals surface area contributed by atoms with E-state index in [1.807, 2.05) is 0 Å². The summed E-state index contributed by atoms with van der Waals surface area (Å²) in [4.78, 5) is 0. The molecule has 0 amide bonds. The minimum atomic E-state index is 0.449. The van der Waals surface area contributed by atoms with Gasteiger partial charge in [-0.15, -0.1) is 0 Å². The van der Waals surface area contributed by atoms with Gasteiger partial charge in [0, 0.05) is 11.9 Å². The van der Waals surface area contributed by atoms with Crippen molar-refractivity contribution in [1.29, 1.82) is 5.26 Å². The molecule has 0 bridgehead atoms. The van der Waals surface area contributed by atoms with Crippen molar-refractivity contribution in [2.24, 2.45) is 5.92 Å². The van der Waals surface area contributed by atoms with Gasteiger partial charge < -0.3 is 4.74 Å². The van der Waals surface area contributed by atoms with Crippen molar-refractivity contribution in [3.05, 3.63) is 0 Å². The Morgan fingerprint density at radius 2 is 1.93 bits per heavy atom. The molecule has 2 fully saturated rings. The molecule has 15 heavy (non-hydrogen) atoms. The number of thiocyanates is 1. The summed E-state index contributed by atoms with van der Waals surface area (Å²) in [5.74, 6) is 0.779. The first kappa shape index (κ1) is 11.3. The van der Waals surface area contributed by atoms with Gasteiger partial charge in [-0.3, -0.25) is 0 Å². The third-order valence-electron chi connectivity index (χ3n) is 3.66. The van der Waals surface area contributed by atoms with Crippen LogP contribution in [0.5, 0.6) is 0 Å². The van der Waals surface area contributed by atoms with Crippen LogP contribution in [0.1, 0.15) is 44.9 Å². The maximum Gasteiger partial charge on any atom is 0.133 e. The van der Waals surface area contributed by atoms with Crippen LogP contribution in [0.15, 0.2) is 0 Å². The molecule has 0 unspecified atom stereocenters. The molecule has 2 nitrogen and oxygen atoms in total. The molecular weight excluding hydrogens is 206 g/mol. The van der Waals surface area contributed by atoms with E-state index >= 15 is 0 Å². The van der Waals surface area contributed by atoms with Crippen LogP contribution in [-0.4, -0.2) is 18.0 Å². The highest BCUT2D eigenvalue weighted by atomic mass is 32.2. The number of rotatable bonds is 2. The second-order valence-electron chi connectivity index (χ2n) is 4.66. The molecule has 0 N–H and O–H groups in total. The van der Waals surface area contributed by atoms with E-state index in [0.29, 0.717) is 11.4 Å². The van der Waals surface area contributed by atoms with Crippen molar-refractivity contribution in [3.8, 4) is 5.40 Å². The van der Waals surface area contributed by atoms with Gasteiger partial charge in [-0.1, -0.05) is 19.3 Å². The predicted molar refractivity (Wildman–Crippen MR) is 62.5 cm³/mol. The van der Waals surface area contributed by atoms with Crippen LogP contribution in [0.4, 0.5) is 0 Å². The zero-order valence-electron chi connectivity index (χ0n) is 9.15. The van der Waals surface area contributed by atoms with Crippen molar-refractivity contribution in [1.82, 2.24) is 0 Å². The number of nitrogens with zero attached hydrogens (tertiary/aromatic N) is 1. The second-order valence-corrected chi connectivity index (χ2v) is 5.75. The Morgan fingerprint density at radius 1 is 1.13 bits per heavy atom. The van der Waals surface area contributed by atoms with Crippen LogP contribution in [0.2, 0.25) is 0 Å². The molecule has 1 saturated carbocycles. The molecule has 1 heterocycles. The van der Waals surface area contributed by atoms with Crippen molar-refractivity contribution in [3.63, 3.8) is 0 Å². The Kier molecular flexibility index (Phi) is 4.34. The molecule has 3 heteroatoms. The first-order chi connectivity index (χ1) is 7.40. The maximum absolute atomic E-state index is 8.69. The van der Waals surface area contributed by atoms with Crippen molar-refractivity contribution >= 4 is 11.8 Å². The smallest absolute Gasteiger partial charge is 0.133 e. The largest absolute Gasteiger partial charge is 0.378 e. The zero-order chi connectivity index (χ0) is 10.5. The van der Waals surface area contributed by atoms with Gasteiger partial charge in [-0.2, -0.15) is 5.26 Å². The molecule has 1 aliphatic heterocycles. The van der Waals surface area contributed by atoms with Gasteiger partial charge in [0.15, 0.2) is 0 Å². The van der Waals surface area contributed by atoms with Gasteiger partial charge in [0.2, 0.25) is 0 Å². The SMILES string of the molecule is N#CS[C@H]1CCO[C@@H](C2CCCCC2)C1. The number of hydrogen-bond acceptors (Lipinski definition) is 3. The second kappa shape index (κ2) is 5.77. The topological polar surface area (TPSA) is 33.0 Å². The van der Waals surface area contributed by atoms with Gasteiger partial charge in [-0.05, 0) is 43.4 Å². The quantitative estimate of drug-likeness (QED) is 0.676. The third-order valence-corrected chi connectivity index (χ3v) is 4.53. The monoisotopic (exact) mass is 225 g/mol. The fourth-order valence-electron chi connectivity index (χ4n) is 2.81. The number of nitriles is 1. The lowest BCUT2D eigenvalue weighted by atomic mass is 9.83. The first-order valence-corrected chi connectivity index (χ1v) is 6.94. The molecule has 0 aromatic carbocycles. The van der Waals surface area contributed by atoms with Gasteiger partial charge in [0.05, 0.1) is 6.10 Å². The molecule has 2 rings (SSSR count). The fraction of sp³-hybridized carbons (Fsp3) is 0.917. The van der Waals surface area contributed by atoms with E-state index in [4.69, 9.17) is 10.00 Å². The summed E-state index contributed by atoms with van der Waals surface area (Å²) in [5, 5.41) is 11.4. The number of ether oxygens (including phenoxy) is 1. The first-order valence-electron chi connectivity index (χ1n) is 6.06. The van der Waals surface area contributed by atoms with Crippen molar-refractivity contribution in [2.45, 2.75) is 56.3 Å². The van der Waals surface area contributed by atoms with E-state index in [2.05, 4.69) is 5.40 Å². The Labute approximate surface area is 96.4 Å². The summed E-state index contributed by atoms with van der Waals surface area (Å²) in [6, 6.07) is 0. The average molecular weight is 225 g/mol. The Balaban J connectivity index is 1.83. The highest BCUT2D eigenvalue weighted by molar-refractivity contribution is 8.04. The van der Waals surface area contributed by atoms with Crippen LogP contribution in [-0.2, 0) is 4.74 Å². The molecule has 2 atom stereocenters. The molecule has 84 valence electrons. The Morgan fingerprint density at radius 3 is 2.67 bits per heavy atom. The summed E-state index contributed by atoms with van der Waals surface area (Å²) >= 11 is 1.45. The third kappa shape index (κ3) is 3.12. The molecule has 0 aromatic heterocycles. The van der Waals surface area contributed by atoms with Crippen LogP contribution >= 0.6 is 11.8 Å². The number of hydrogen-bond donors (Lipinski definition) is 0. The molecule has 1 saturated heterocycles. The Hall–Kier alpha value is -0.200. The van der Waals surface area contributed by atoms with E-state index < -0.39 is 0 Å². The van der Waals surface area contributed by atoms with E-state index in [-0.39, 0.29) is 0 Å². The molecular formula is C12H19NOS. The maximum atomic E-state index is 8.69. The van der Waals surface area contributed by atoms with E-state index in [9.17, 15) is 0 Å². The van der Waals surface area contributed by atoms with Gasteiger partial charge in [-0.25, -0.2) is 0 Å². The van der Waals surface area contributed by atoms with Crippen LogP contribution in [0.3, 0.4) is 0 Å². The molecule has 0 aromatic rings. The normalized spacial score (nSPS) is 33.5. The lowest BCUT2D eigenvalue weighted by molar-refractivity contribution is -0.0278. The van der Waals surface area contributed by atoms with Gasteiger partial charge in [0.1, 0.15) is 5.40 Å². The summed E-state index contributed by atoms with van der Waals surface area (Å²) in [6.45, 7) is 0.862. The fourth-order valence-corrected chi connectivity index (χ4v) is 3.46. The van der Waals surface area contributed by atoms with Crippen molar-refractivity contribution < 1.29 is 4.74 Å². The molecule has 2 aliphatic rings. The highest BCUT2D eigenvalue weighted by Gasteiger charge is 2.30. The van der Waals surface area contributed by atoms with E-state index in [1.165, 1.54) is 43.9 Å². The van der Waals surface area contributed by atoms with Crippen LogP contribution in [0.25, 0.3) is 0 Å². The molecule has 1 aliphatic carbocycles. The van der Waals surface area contributed by atoms with Gasteiger partial charge in [0.25, 0.3) is 0 Å². The molecule has 0 radical (unpaired) electrons. The van der Waals surface area contributed by atoms with E-state index in [1.54, 1.807) is 0 Å². The van der Waals surface area contributed by atoms with Crippen LogP contribution in [0, 0.1) is 16.6 Å². The lowest BCUT2D eigenvalue weighted by Crippen LogP contribution is -2.34. The minimum Gasteiger partial charge on any atom is -0.378 e. The summed E-state index contributed by atoms with van der Waals surface area (Å²) in [5.41, 5.74) is 0. The zero-order valence-corrected chi connectivity index (χ0v) is 9.97.